The first-order valence-electron chi connectivity index (χ1n) is 14.9. The van der Waals surface area contributed by atoms with Crippen molar-refractivity contribution in [3.05, 3.63) is 72.9 Å². The summed E-state index contributed by atoms with van der Waals surface area (Å²) in [4.78, 5) is 33.4. The van der Waals surface area contributed by atoms with Crippen molar-refractivity contribution in [2.45, 2.75) is 31.7 Å². The number of amides is 2. The molecule has 2 fully saturated rings. The average molecular weight is 596 g/mol. The molecule has 1 aliphatic heterocycles. The van der Waals surface area contributed by atoms with Crippen LogP contribution >= 0.6 is 0 Å². The molecule has 1 aromatic heterocycles. The van der Waals surface area contributed by atoms with Crippen molar-refractivity contribution in [1.82, 2.24) is 10.3 Å². The number of anilines is 3. The summed E-state index contributed by atoms with van der Waals surface area (Å²) in [5, 5.41) is 9.99. The molecule has 0 radical (unpaired) electrons. The third-order valence-electron chi connectivity index (χ3n) is 8.54. The predicted octanol–water partition coefficient (Wildman–Crippen LogP) is 5.59. The Labute approximate surface area is 256 Å². The molecule has 3 N–H and O–H groups in total. The van der Waals surface area contributed by atoms with Gasteiger partial charge >= 0.3 is 0 Å². The van der Waals surface area contributed by atoms with E-state index >= 15 is 0 Å². The Morgan fingerprint density at radius 1 is 0.841 bits per heavy atom. The topological polar surface area (TPSA) is 114 Å². The van der Waals surface area contributed by atoms with Crippen LogP contribution in [-0.4, -0.2) is 57.2 Å². The summed E-state index contributed by atoms with van der Waals surface area (Å²) in [7, 11) is 5.16. The largest absolute Gasteiger partial charge is 0.493 e. The quantitative estimate of drug-likeness (QED) is 0.203. The molecule has 10 nitrogen and oxygen atoms in total. The van der Waals surface area contributed by atoms with E-state index in [1.54, 1.807) is 56.8 Å². The molecular weight excluding hydrogens is 558 g/mol. The van der Waals surface area contributed by atoms with Crippen LogP contribution in [0.3, 0.4) is 0 Å². The maximum Gasteiger partial charge on any atom is 0.240 e. The summed E-state index contributed by atoms with van der Waals surface area (Å²) in [5.41, 5.74) is 1.95. The molecule has 1 aliphatic carbocycles. The summed E-state index contributed by atoms with van der Waals surface area (Å²) in [6, 6.07) is 20.9. The van der Waals surface area contributed by atoms with Crippen LogP contribution < -0.4 is 35.1 Å². The maximum atomic E-state index is 13.4. The zero-order valence-electron chi connectivity index (χ0n) is 25.2. The van der Waals surface area contributed by atoms with Crippen LogP contribution in [0.15, 0.2) is 72.9 Å². The molecule has 10 heteroatoms. The monoisotopic (exact) mass is 595 g/mol. The number of pyridine rings is 1. The summed E-state index contributed by atoms with van der Waals surface area (Å²) in [6.45, 7) is 1.99. The number of carbonyl (C=O) groups is 2. The molecule has 2 aliphatic rings. The highest BCUT2D eigenvalue weighted by molar-refractivity contribution is 6.17. The van der Waals surface area contributed by atoms with Crippen molar-refractivity contribution in [2.24, 2.45) is 5.41 Å². The number of piperidine rings is 1. The van der Waals surface area contributed by atoms with Crippen molar-refractivity contribution >= 4 is 39.8 Å². The molecule has 2 heterocycles. The Morgan fingerprint density at radius 2 is 1.52 bits per heavy atom. The molecule has 4 aromatic rings. The molecule has 1 saturated carbocycles. The van der Waals surface area contributed by atoms with E-state index < -0.39 is 5.41 Å². The number of hydrogen-bond donors (Lipinski definition) is 3. The number of methoxy groups -OCH3 is 2. The van der Waals surface area contributed by atoms with Gasteiger partial charge < -0.3 is 35.1 Å². The lowest BCUT2D eigenvalue weighted by Gasteiger charge is -2.33. The van der Waals surface area contributed by atoms with Gasteiger partial charge in [0.25, 0.3) is 0 Å². The molecule has 228 valence electrons. The van der Waals surface area contributed by atoms with Crippen molar-refractivity contribution in [3.63, 3.8) is 0 Å². The number of aromatic nitrogens is 1. The standard InChI is InChI=1S/C34H37N5O5/c1-35-22-12-17-39(18-13-22)25-9-7-23(8-10-25)37-32(40)34(14-15-34)33(41)38-24-5-4-6-26(19-24)44-29-11-16-36-28-21-31(43-3)30(42-2)20-27(28)29/h4-11,16,19-22,35H,12-15,17-18H2,1-3H3,(H,37,40)(H,38,41). The highest BCUT2D eigenvalue weighted by Crippen LogP contribution is 2.48. The van der Waals surface area contributed by atoms with Gasteiger partial charge in [0.05, 0.1) is 19.7 Å². The number of hydrogen-bond acceptors (Lipinski definition) is 8. The number of fused-ring (bicyclic) bond motifs is 1. The number of nitrogens with one attached hydrogen (secondary N) is 3. The average Bonchev–Trinajstić information content (AvgIpc) is 3.88. The van der Waals surface area contributed by atoms with E-state index in [9.17, 15) is 9.59 Å². The van der Waals surface area contributed by atoms with Gasteiger partial charge in [-0.2, -0.15) is 0 Å². The van der Waals surface area contributed by atoms with Crippen LogP contribution in [0.2, 0.25) is 0 Å². The summed E-state index contributed by atoms with van der Waals surface area (Å²) < 4.78 is 17.1. The summed E-state index contributed by atoms with van der Waals surface area (Å²) >= 11 is 0. The molecule has 6 rings (SSSR count). The second kappa shape index (κ2) is 12.4. The van der Waals surface area contributed by atoms with Gasteiger partial charge in [-0.25, -0.2) is 0 Å². The van der Waals surface area contributed by atoms with Crippen molar-refractivity contribution in [1.29, 1.82) is 0 Å². The van der Waals surface area contributed by atoms with Crippen LogP contribution in [0.5, 0.6) is 23.0 Å². The number of benzene rings is 3. The fraction of sp³-hybridized carbons (Fsp3) is 0.324. The molecule has 0 unspecified atom stereocenters. The van der Waals surface area contributed by atoms with E-state index in [4.69, 9.17) is 14.2 Å². The lowest BCUT2D eigenvalue weighted by molar-refractivity contribution is -0.131. The second-order valence-electron chi connectivity index (χ2n) is 11.3. The number of ether oxygens (including phenoxy) is 3. The third-order valence-corrected chi connectivity index (χ3v) is 8.54. The van der Waals surface area contributed by atoms with Gasteiger partial charge in [-0.15, -0.1) is 0 Å². The van der Waals surface area contributed by atoms with Gasteiger partial charge in [0.2, 0.25) is 11.8 Å². The first-order valence-corrected chi connectivity index (χ1v) is 14.9. The van der Waals surface area contributed by atoms with Gasteiger partial charge in [-0.05, 0) is 81.3 Å². The summed E-state index contributed by atoms with van der Waals surface area (Å²) in [6.07, 6.45) is 4.85. The van der Waals surface area contributed by atoms with Crippen LogP contribution in [-0.2, 0) is 9.59 Å². The molecule has 44 heavy (non-hydrogen) atoms. The van der Waals surface area contributed by atoms with Crippen molar-refractivity contribution in [2.75, 3.05) is 49.9 Å². The van der Waals surface area contributed by atoms with E-state index in [1.807, 2.05) is 37.4 Å². The van der Waals surface area contributed by atoms with Crippen LogP contribution in [0.4, 0.5) is 17.1 Å². The van der Waals surface area contributed by atoms with Gasteiger partial charge in [-0.3, -0.25) is 14.6 Å². The lowest BCUT2D eigenvalue weighted by atomic mass is 10.0. The summed E-state index contributed by atoms with van der Waals surface area (Å²) in [5.74, 6) is 1.61. The van der Waals surface area contributed by atoms with E-state index in [2.05, 4.69) is 25.8 Å². The minimum absolute atomic E-state index is 0.294. The van der Waals surface area contributed by atoms with E-state index in [0.717, 1.165) is 37.0 Å². The zero-order valence-corrected chi connectivity index (χ0v) is 25.2. The number of rotatable bonds is 10. The van der Waals surface area contributed by atoms with Gasteiger partial charge in [-0.1, -0.05) is 6.07 Å². The van der Waals surface area contributed by atoms with Crippen LogP contribution in [0.25, 0.3) is 10.9 Å². The minimum Gasteiger partial charge on any atom is -0.493 e. The Hall–Kier alpha value is -4.83. The van der Waals surface area contributed by atoms with E-state index in [1.165, 1.54) is 0 Å². The SMILES string of the molecule is CNC1CCN(c2ccc(NC(=O)C3(C(=O)Nc4cccc(Oc5ccnc6cc(OC)c(OC)cc56)c4)CC3)cc2)CC1. The maximum absolute atomic E-state index is 13.4. The predicted molar refractivity (Wildman–Crippen MR) is 171 cm³/mol. The first-order chi connectivity index (χ1) is 21.4. The smallest absolute Gasteiger partial charge is 0.240 e. The van der Waals surface area contributed by atoms with Crippen molar-refractivity contribution < 1.29 is 23.8 Å². The fourth-order valence-electron chi connectivity index (χ4n) is 5.67. The van der Waals surface area contributed by atoms with Crippen LogP contribution in [0, 0.1) is 5.41 Å². The Kier molecular flexibility index (Phi) is 8.25. The van der Waals surface area contributed by atoms with Gasteiger partial charge in [0.1, 0.15) is 16.9 Å². The number of nitrogens with zero attached hydrogens (tertiary/aromatic N) is 2. The third kappa shape index (κ3) is 5.98. The Bertz CT molecular complexity index is 1660. The Morgan fingerprint density at radius 3 is 2.18 bits per heavy atom. The van der Waals surface area contributed by atoms with Gasteiger partial charge in [0, 0.05) is 59.9 Å². The fourth-order valence-corrected chi connectivity index (χ4v) is 5.67. The molecule has 0 spiro atoms. The van der Waals surface area contributed by atoms with Crippen LogP contribution in [0.1, 0.15) is 25.7 Å². The highest BCUT2D eigenvalue weighted by Gasteiger charge is 2.56. The molecule has 2 amide bonds. The van der Waals surface area contributed by atoms with Crippen molar-refractivity contribution in [3.8, 4) is 23.0 Å². The molecule has 3 aromatic carbocycles. The second-order valence-corrected chi connectivity index (χ2v) is 11.3. The first kappa shape index (κ1) is 29.3. The van der Waals surface area contributed by atoms with Gasteiger partial charge in [0.15, 0.2) is 11.5 Å². The van der Waals surface area contributed by atoms with E-state index in [0.29, 0.717) is 58.8 Å². The normalized spacial score (nSPS) is 15.8. The molecule has 1 saturated heterocycles. The zero-order chi connectivity index (χ0) is 30.7. The lowest BCUT2D eigenvalue weighted by Crippen LogP contribution is -2.41. The minimum atomic E-state index is -1.10. The molecule has 0 bridgehead atoms. The highest BCUT2D eigenvalue weighted by atomic mass is 16.5. The molecule has 0 atom stereocenters. The number of carbonyl (C=O) groups excluding carboxylic acids is 2. The Balaban J connectivity index is 1.10. The van der Waals surface area contributed by atoms with E-state index in [-0.39, 0.29) is 11.8 Å². The molecular formula is C34H37N5O5.